The Morgan fingerprint density at radius 3 is 2.84 bits per heavy atom. The van der Waals surface area contributed by atoms with Crippen LogP contribution in [-0.4, -0.2) is 31.4 Å². The molecule has 0 aliphatic carbocycles. The zero-order valence-electron chi connectivity index (χ0n) is 17.2. The second-order valence-corrected chi connectivity index (χ2v) is 7.90. The van der Waals surface area contributed by atoms with Gasteiger partial charge < -0.3 is 11.1 Å². The summed E-state index contributed by atoms with van der Waals surface area (Å²) in [6, 6.07) is 7.70. The lowest BCUT2D eigenvalue weighted by Crippen LogP contribution is -2.00. The van der Waals surface area contributed by atoms with Crippen LogP contribution in [0.3, 0.4) is 0 Å². The molecule has 4 heterocycles. The maximum atomic E-state index is 5.84. The highest BCUT2D eigenvalue weighted by atomic mass is 32.1. The Bertz CT molecular complexity index is 1230. The summed E-state index contributed by atoms with van der Waals surface area (Å²) in [5, 5.41) is 13.4. The molecule has 156 valence electrons. The third-order valence-electron chi connectivity index (χ3n) is 4.62. The highest BCUT2D eigenvalue weighted by Crippen LogP contribution is 2.21. The Hall–Kier alpha value is -3.72. The van der Waals surface area contributed by atoms with Gasteiger partial charge in [-0.1, -0.05) is 13.8 Å². The predicted molar refractivity (Wildman–Crippen MR) is 125 cm³/mol. The third kappa shape index (κ3) is 5.07. The number of aromatic nitrogens is 5. The predicted octanol–water partition coefficient (Wildman–Crippen LogP) is 4.31. The Labute approximate surface area is 184 Å². The molecule has 8 nitrogen and oxygen atoms in total. The SMILES string of the molecule is CC(C)c1cnnc(Nc2ccc3ncc(C(C=NCc4cscn4)=CN)cc3n2)c1. The average molecular weight is 431 g/mol. The van der Waals surface area contributed by atoms with Crippen LogP contribution < -0.4 is 11.1 Å². The molecule has 4 aromatic heterocycles. The molecule has 0 saturated heterocycles. The van der Waals surface area contributed by atoms with Gasteiger partial charge in [0, 0.05) is 35.1 Å². The average Bonchev–Trinajstić information content (AvgIpc) is 3.30. The van der Waals surface area contributed by atoms with Crippen molar-refractivity contribution < 1.29 is 0 Å². The van der Waals surface area contributed by atoms with E-state index in [9.17, 15) is 0 Å². The van der Waals surface area contributed by atoms with E-state index in [1.54, 1.807) is 35.5 Å². The maximum absolute atomic E-state index is 5.84. The number of fused-ring (bicyclic) bond motifs is 1. The first-order valence-electron chi connectivity index (χ1n) is 9.78. The molecule has 0 radical (unpaired) electrons. The summed E-state index contributed by atoms with van der Waals surface area (Å²) in [7, 11) is 0. The number of nitrogens with two attached hydrogens (primary N) is 1. The largest absolute Gasteiger partial charge is 0.404 e. The van der Waals surface area contributed by atoms with Crippen molar-refractivity contribution in [2.75, 3.05) is 5.32 Å². The first-order valence-corrected chi connectivity index (χ1v) is 10.7. The summed E-state index contributed by atoms with van der Waals surface area (Å²) in [5.41, 5.74) is 12.8. The highest BCUT2D eigenvalue weighted by molar-refractivity contribution is 7.07. The van der Waals surface area contributed by atoms with Gasteiger partial charge in [-0.15, -0.1) is 16.4 Å². The van der Waals surface area contributed by atoms with Crippen molar-refractivity contribution in [1.29, 1.82) is 0 Å². The zero-order valence-corrected chi connectivity index (χ0v) is 18.0. The van der Waals surface area contributed by atoms with Gasteiger partial charge in [0.25, 0.3) is 0 Å². The minimum atomic E-state index is 0.367. The van der Waals surface area contributed by atoms with E-state index in [-0.39, 0.29) is 0 Å². The van der Waals surface area contributed by atoms with Crippen molar-refractivity contribution >= 4 is 45.8 Å². The van der Waals surface area contributed by atoms with E-state index in [1.807, 2.05) is 29.6 Å². The van der Waals surface area contributed by atoms with Crippen LogP contribution in [0, 0.1) is 0 Å². The van der Waals surface area contributed by atoms with E-state index in [0.29, 0.717) is 24.1 Å². The molecule has 0 aromatic carbocycles. The van der Waals surface area contributed by atoms with Gasteiger partial charge in [-0.2, -0.15) is 5.10 Å². The van der Waals surface area contributed by atoms with Crippen LogP contribution in [0.4, 0.5) is 11.6 Å². The van der Waals surface area contributed by atoms with Gasteiger partial charge in [-0.05, 0) is 35.7 Å². The summed E-state index contributed by atoms with van der Waals surface area (Å²) in [4.78, 5) is 17.8. The molecule has 3 N–H and O–H groups in total. The van der Waals surface area contributed by atoms with Gasteiger partial charge in [0.05, 0.1) is 35.0 Å². The van der Waals surface area contributed by atoms with Crippen molar-refractivity contribution in [3.05, 3.63) is 70.6 Å². The molecule has 0 fully saturated rings. The molecule has 4 rings (SSSR count). The summed E-state index contributed by atoms with van der Waals surface area (Å²) in [6.07, 6.45) is 6.79. The molecule has 9 heteroatoms. The number of hydrogen-bond donors (Lipinski definition) is 2. The van der Waals surface area contributed by atoms with Gasteiger partial charge >= 0.3 is 0 Å². The molecular formula is C22H22N8S. The first kappa shape index (κ1) is 20.5. The standard InChI is InChI=1S/C22H22N8S/c1-14(2)15-6-22(30-27-10-15)29-21-4-3-19-20(28-21)5-16(9-25-19)17(7-23)8-24-11-18-12-31-13-26-18/h3-10,12-14H,11,23H2,1-2H3,(H,28,29,30). The fourth-order valence-corrected chi connectivity index (χ4v) is 3.44. The lowest BCUT2D eigenvalue weighted by molar-refractivity contribution is 0.843. The van der Waals surface area contributed by atoms with Crippen LogP contribution in [0.5, 0.6) is 0 Å². The normalized spacial score (nSPS) is 12.2. The van der Waals surface area contributed by atoms with Gasteiger partial charge in [0.1, 0.15) is 5.82 Å². The molecule has 0 amide bonds. The van der Waals surface area contributed by atoms with E-state index < -0.39 is 0 Å². The second kappa shape index (κ2) is 9.40. The van der Waals surface area contributed by atoms with Gasteiger partial charge in [0.2, 0.25) is 0 Å². The molecule has 0 saturated carbocycles. The lowest BCUT2D eigenvalue weighted by atomic mass is 10.1. The summed E-state index contributed by atoms with van der Waals surface area (Å²) in [6.45, 7) is 4.74. The molecular weight excluding hydrogens is 408 g/mol. The summed E-state index contributed by atoms with van der Waals surface area (Å²) in [5.74, 6) is 1.68. The summed E-state index contributed by atoms with van der Waals surface area (Å²) >= 11 is 1.55. The number of rotatable bonds is 7. The van der Waals surface area contributed by atoms with E-state index in [4.69, 9.17) is 5.73 Å². The Morgan fingerprint density at radius 2 is 2.06 bits per heavy atom. The van der Waals surface area contributed by atoms with E-state index in [2.05, 4.69) is 49.3 Å². The molecule has 0 spiro atoms. The van der Waals surface area contributed by atoms with E-state index >= 15 is 0 Å². The first-order chi connectivity index (χ1) is 15.1. The number of allylic oxidation sites excluding steroid dienone is 1. The number of nitrogens with zero attached hydrogens (tertiary/aromatic N) is 6. The second-order valence-electron chi connectivity index (χ2n) is 7.18. The molecule has 0 atom stereocenters. The van der Waals surface area contributed by atoms with Crippen LogP contribution in [0.25, 0.3) is 16.6 Å². The minimum absolute atomic E-state index is 0.367. The fourth-order valence-electron chi connectivity index (χ4n) is 2.89. The smallest absolute Gasteiger partial charge is 0.154 e. The van der Waals surface area contributed by atoms with Crippen LogP contribution >= 0.6 is 11.3 Å². The van der Waals surface area contributed by atoms with Crippen molar-refractivity contribution in [3.63, 3.8) is 0 Å². The van der Waals surface area contributed by atoms with Crippen LogP contribution in [0.15, 0.2) is 58.7 Å². The zero-order chi connectivity index (χ0) is 21.6. The number of aliphatic imine (C=N–C) groups is 1. The molecule has 4 aromatic rings. The van der Waals surface area contributed by atoms with Crippen molar-refractivity contribution in [3.8, 4) is 0 Å². The monoisotopic (exact) mass is 430 g/mol. The minimum Gasteiger partial charge on any atom is -0.404 e. The Kier molecular flexibility index (Phi) is 6.23. The van der Waals surface area contributed by atoms with E-state index in [1.165, 1.54) is 6.20 Å². The van der Waals surface area contributed by atoms with Gasteiger partial charge in [0.15, 0.2) is 5.82 Å². The number of thiazole rings is 1. The van der Waals surface area contributed by atoms with Crippen LogP contribution in [-0.2, 0) is 6.54 Å². The number of anilines is 2. The molecule has 0 aliphatic rings. The topological polar surface area (TPSA) is 115 Å². The molecule has 0 unspecified atom stereocenters. The molecule has 0 aliphatic heterocycles. The number of hydrogen-bond acceptors (Lipinski definition) is 9. The third-order valence-corrected chi connectivity index (χ3v) is 5.25. The fraction of sp³-hybridized carbons (Fsp3) is 0.182. The number of nitrogens with one attached hydrogen (secondary N) is 1. The van der Waals surface area contributed by atoms with Crippen molar-refractivity contribution in [2.45, 2.75) is 26.3 Å². The lowest BCUT2D eigenvalue weighted by Gasteiger charge is -2.09. The molecule has 31 heavy (non-hydrogen) atoms. The number of pyridine rings is 2. The Balaban J connectivity index is 1.56. The Morgan fingerprint density at radius 1 is 1.16 bits per heavy atom. The van der Waals surface area contributed by atoms with Crippen LogP contribution in [0.1, 0.15) is 36.6 Å². The van der Waals surface area contributed by atoms with Crippen molar-refractivity contribution in [1.82, 2.24) is 25.1 Å². The van der Waals surface area contributed by atoms with E-state index in [0.717, 1.165) is 33.4 Å². The molecule has 0 bridgehead atoms. The highest BCUT2D eigenvalue weighted by Gasteiger charge is 2.07. The quantitative estimate of drug-likeness (QED) is 0.420. The van der Waals surface area contributed by atoms with Gasteiger partial charge in [-0.3, -0.25) is 9.98 Å². The van der Waals surface area contributed by atoms with Gasteiger partial charge in [-0.25, -0.2) is 9.97 Å². The summed E-state index contributed by atoms with van der Waals surface area (Å²) < 4.78 is 0. The van der Waals surface area contributed by atoms with Crippen molar-refractivity contribution in [2.24, 2.45) is 10.7 Å². The van der Waals surface area contributed by atoms with Crippen LogP contribution in [0.2, 0.25) is 0 Å². The maximum Gasteiger partial charge on any atom is 0.154 e.